The molecular formula is C25H18N2O4. The van der Waals surface area contributed by atoms with Crippen LogP contribution in [0.25, 0.3) is 11.0 Å². The Bertz CT molecular complexity index is 1380. The van der Waals surface area contributed by atoms with E-state index in [-0.39, 0.29) is 40.6 Å². The fraction of sp³-hybridized carbons (Fsp3) is 0.160. The van der Waals surface area contributed by atoms with Gasteiger partial charge in [0.15, 0.2) is 11.2 Å². The number of ketones is 1. The largest absolute Gasteiger partial charge is 0.464 e. The van der Waals surface area contributed by atoms with Crippen LogP contribution >= 0.6 is 0 Å². The minimum Gasteiger partial charge on any atom is -0.464 e. The van der Waals surface area contributed by atoms with Gasteiger partial charge in [-0.05, 0) is 23.6 Å². The second-order valence-corrected chi connectivity index (χ2v) is 7.72. The number of hydrogen-bond donors (Lipinski definition) is 1. The normalized spacial score (nSPS) is 20.9. The SMILES string of the molecule is N#CC1=C(N)OC2=C(C(=O)C[C@@H](c3ccccc3)C2)[C@@H]1c1coc2ccccc2c1=O. The van der Waals surface area contributed by atoms with Crippen molar-refractivity contribution < 1.29 is 13.9 Å². The Morgan fingerprint density at radius 3 is 2.52 bits per heavy atom. The number of benzene rings is 2. The van der Waals surface area contributed by atoms with Crippen LogP contribution in [0.15, 0.2) is 92.9 Å². The van der Waals surface area contributed by atoms with Crippen molar-refractivity contribution in [1.29, 1.82) is 5.26 Å². The molecule has 0 spiro atoms. The standard InChI is InChI=1S/C25H18N2O4/c26-12-17-22(18-13-30-20-9-5-4-8-16(20)24(18)29)23-19(28)10-15(11-21(23)31-25(17)27)14-6-2-1-3-7-14/h1-9,13,15,22H,10-11,27H2/t15-,22+/m1/s1. The van der Waals surface area contributed by atoms with E-state index < -0.39 is 5.92 Å². The highest BCUT2D eigenvalue weighted by atomic mass is 16.5. The number of nitrogens with two attached hydrogens (primary N) is 1. The van der Waals surface area contributed by atoms with E-state index in [0.29, 0.717) is 28.7 Å². The Hall–Kier alpha value is -4.11. The maximum absolute atomic E-state index is 13.3. The zero-order chi connectivity index (χ0) is 21.5. The van der Waals surface area contributed by atoms with Crippen molar-refractivity contribution >= 4 is 16.8 Å². The predicted octanol–water partition coefficient (Wildman–Crippen LogP) is 4.00. The van der Waals surface area contributed by atoms with Crippen molar-refractivity contribution in [2.45, 2.75) is 24.7 Å². The van der Waals surface area contributed by atoms with Gasteiger partial charge < -0.3 is 14.9 Å². The molecule has 0 radical (unpaired) electrons. The Kier molecular flexibility index (Phi) is 4.45. The lowest BCUT2D eigenvalue weighted by Gasteiger charge is -2.33. The van der Waals surface area contributed by atoms with E-state index in [4.69, 9.17) is 14.9 Å². The molecule has 1 aliphatic carbocycles. The van der Waals surface area contributed by atoms with E-state index >= 15 is 0 Å². The van der Waals surface area contributed by atoms with Crippen LogP contribution in [0.2, 0.25) is 0 Å². The summed E-state index contributed by atoms with van der Waals surface area (Å²) >= 11 is 0. The molecule has 3 aromatic rings. The number of hydrogen-bond acceptors (Lipinski definition) is 6. The smallest absolute Gasteiger partial charge is 0.205 e. The van der Waals surface area contributed by atoms with Gasteiger partial charge in [0.25, 0.3) is 0 Å². The molecule has 2 atom stereocenters. The summed E-state index contributed by atoms with van der Waals surface area (Å²) in [6, 6.07) is 18.6. The summed E-state index contributed by atoms with van der Waals surface area (Å²) in [6.45, 7) is 0. The molecule has 0 saturated carbocycles. The molecule has 2 aliphatic rings. The zero-order valence-electron chi connectivity index (χ0n) is 16.5. The Morgan fingerprint density at radius 1 is 1.00 bits per heavy atom. The topological polar surface area (TPSA) is 106 Å². The summed E-state index contributed by atoms with van der Waals surface area (Å²) in [6.07, 6.45) is 2.05. The fourth-order valence-electron chi connectivity index (χ4n) is 4.47. The molecule has 2 N–H and O–H groups in total. The molecule has 5 rings (SSSR count). The number of carbonyl (C=O) groups excluding carboxylic acids is 1. The first-order valence-corrected chi connectivity index (χ1v) is 9.97. The Labute approximate surface area is 177 Å². The first kappa shape index (κ1) is 18.9. The first-order chi connectivity index (χ1) is 15.1. The van der Waals surface area contributed by atoms with E-state index in [9.17, 15) is 14.9 Å². The van der Waals surface area contributed by atoms with Gasteiger partial charge in [0.2, 0.25) is 5.88 Å². The van der Waals surface area contributed by atoms with Crippen molar-refractivity contribution in [2.24, 2.45) is 5.73 Å². The molecule has 6 heteroatoms. The molecule has 0 saturated heterocycles. The molecule has 31 heavy (non-hydrogen) atoms. The molecule has 0 amide bonds. The number of nitriles is 1. The van der Waals surface area contributed by atoms with Crippen LogP contribution in [0.3, 0.4) is 0 Å². The summed E-state index contributed by atoms with van der Waals surface area (Å²) in [7, 11) is 0. The molecule has 1 aliphatic heterocycles. The first-order valence-electron chi connectivity index (χ1n) is 9.97. The average molecular weight is 410 g/mol. The van der Waals surface area contributed by atoms with Crippen LogP contribution < -0.4 is 11.2 Å². The van der Waals surface area contributed by atoms with Gasteiger partial charge in [0, 0.05) is 24.0 Å². The number of nitrogens with zero attached hydrogens (tertiary/aromatic N) is 1. The van der Waals surface area contributed by atoms with E-state index in [1.807, 2.05) is 36.4 Å². The van der Waals surface area contributed by atoms with Gasteiger partial charge in [-0.2, -0.15) is 5.26 Å². The predicted molar refractivity (Wildman–Crippen MR) is 114 cm³/mol. The number of carbonyl (C=O) groups is 1. The molecular weight excluding hydrogens is 392 g/mol. The number of allylic oxidation sites excluding steroid dienone is 3. The van der Waals surface area contributed by atoms with Gasteiger partial charge in [-0.25, -0.2) is 0 Å². The van der Waals surface area contributed by atoms with Crippen molar-refractivity contribution in [3.63, 3.8) is 0 Å². The third-order valence-corrected chi connectivity index (χ3v) is 5.95. The van der Waals surface area contributed by atoms with Crippen molar-refractivity contribution in [3.05, 3.63) is 105 Å². The maximum atomic E-state index is 13.3. The summed E-state index contributed by atoms with van der Waals surface area (Å²) < 4.78 is 11.4. The Morgan fingerprint density at radius 2 is 1.74 bits per heavy atom. The lowest BCUT2D eigenvalue weighted by atomic mass is 9.74. The monoisotopic (exact) mass is 410 g/mol. The van der Waals surface area contributed by atoms with Gasteiger partial charge in [-0.15, -0.1) is 0 Å². The summed E-state index contributed by atoms with van der Waals surface area (Å²) in [5, 5.41) is 10.2. The van der Waals surface area contributed by atoms with Gasteiger partial charge in [0.05, 0.1) is 17.6 Å². The van der Waals surface area contributed by atoms with Crippen LogP contribution in [0.5, 0.6) is 0 Å². The minimum absolute atomic E-state index is 0.0489. The van der Waals surface area contributed by atoms with Gasteiger partial charge in [-0.3, -0.25) is 9.59 Å². The van der Waals surface area contributed by atoms with Gasteiger partial charge in [0.1, 0.15) is 23.0 Å². The van der Waals surface area contributed by atoms with E-state index in [0.717, 1.165) is 5.56 Å². The van der Waals surface area contributed by atoms with Crippen LogP contribution in [0.4, 0.5) is 0 Å². The third-order valence-electron chi connectivity index (χ3n) is 5.95. The lowest BCUT2D eigenvalue weighted by molar-refractivity contribution is -0.117. The highest BCUT2D eigenvalue weighted by Crippen LogP contribution is 2.46. The summed E-state index contributed by atoms with van der Waals surface area (Å²) in [5.41, 5.74) is 7.82. The highest BCUT2D eigenvalue weighted by Gasteiger charge is 2.42. The second-order valence-electron chi connectivity index (χ2n) is 7.72. The van der Waals surface area contributed by atoms with Gasteiger partial charge in [-0.1, -0.05) is 42.5 Å². The van der Waals surface area contributed by atoms with Crippen LogP contribution in [0.1, 0.15) is 35.8 Å². The molecule has 6 nitrogen and oxygen atoms in total. The fourth-order valence-corrected chi connectivity index (χ4v) is 4.47. The van der Waals surface area contributed by atoms with E-state index in [2.05, 4.69) is 0 Å². The van der Waals surface area contributed by atoms with Crippen LogP contribution in [-0.2, 0) is 9.53 Å². The highest BCUT2D eigenvalue weighted by molar-refractivity contribution is 6.00. The maximum Gasteiger partial charge on any atom is 0.205 e. The quantitative estimate of drug-likeness (QED) is 0.684. The lowest BCUT2D eigenvalue weighted by Crippen LogP contribution is -2.31. The van der Waals surface area contributed by atoms with E-state index in [1.54, 1.807) is 24.3 Å². The van der Waals surface area contributed by atoms with Gasteiger partial charge >= 0.3 is 0 Å². The van der Waals surface area contributed by atoms with Crippen LogP contribution in [-0.4, -0.2) is 5.78 Å². The number of ether oxygens (including phenoxy) is 1. The van der Waals surface area contributed by atoms with E-state index in [1.165, 1.54) is 6.26 Å². The molecule has 0 fully saturated rings. The second kappa shape index (κ2) is 7.29. The molecule has 2 aromatic carbocycles. The third kappa shape index (κ3) is 3.03. The number of para-hydroxylation sites is 1. The van der Waals surface area contributed by atoms with Crippen LogP contribution in [0, 0.1) is 11.3 Å². The number of Topliss-reactive ketones (excluding diaryl/α,β-unsaturated/α-hetero) is 1. The number of fused-ring (bicyclic) bond motifs is 1. The molecule has 2 heterocycles. The molecule has 1 aromatic heterocycles. The van der Waals surface area contributed by atoms with Crippen molar-refractivity contribution in [1.82, 2.24) is 0 Å². The average Bonchev–Trinajstić information content (AvgIpc) is 2.79. The molecule has 152 valence electrons. The van der Waals surface area contributed by atoms with Crippen molar-refractivity contribution in [3.8, 4) is 6.07 Å². The number of rotatable bonds is 2. The molecule has 0 unspecified atom stereocenters. The van der Waals surface area contributed by atoms with Crippen molar-refractivity contribution in [2.75, 3.05) is 0 Å². The minimum atomic E-state index is -0.904. The summed E-state index contributed by atoms with van der Waals surface area (Å²) in [5.74, 6) is -0.788. The summed E-state index contributed by atoms with van der Waals surface area (Å²) in [4.78, 5) is 26.6. The molecule has 0 bridgehead atoms. The Balaban J connectivity index is 1.67. The zero-order valence-corrected chi connectivity index (χ0v) is 16.5.